The molecule has 4 nitrogen and oxygen atoms in total. The van der Waals surface area contributed by atoms with Crippen LogP contribution in [0.2, 0.25) is 5.02 Å². The summed E-state index contributed by atoms with van der Waals surface area (Å²) in [5.41, 5.74) is 2.32. The molecule has 24 heavy (non-hydrogen) atoms. The van der Waals surface area contributed by atoms with Gasteiger partial charge in [-0.2, -0.15) is 0 Å². The number of oxazole rings is 1. The Balaban J connectivity index is 1.90. The molecule has 1 aromatic heterocycles. The van der Waals surface area contributed by atoms with Crippen LogP contribution in [-0.2, 0) is 4.79 Å². The Bertz CT molecular complexity index is 905. The van der Waals surface area contributed by atoms with E-state index in [0.717, 1.165) is 0 Å². The first-order chi connectivity index (χ1) is 11.4. The maximum Gasteiger partial charge on any atom is 0.228 e. The molecule has 0 aliphatic heterocycles. The third-order valence-corrected chi connectivity index (χ3v) is 3.74. The lowest BCUT2D eigenvalue weighted by Crippen LogP contribution is -2.13. The maximum absolute atomic E-state index is 13.2. The summed E-state index contributed by atoms with van der Waals surface area (Å²) in [5, 5.41) is 3.07. The van der Waals surface area contributed by atoms with Crippen molar-refractivity contribution in [3.8, 4) is 11.5 Å². The number of carbonyl (C=O) groups excluding carboxylic acids is 1. The molecular weight excluding hydrogens is 331 g/mol. The number of benzene rings is 2. The van der Waals surface area contributed by atoms with Crippen LogP contribution in [0.1, 0.15) is 20.3 Å². The largest absolute Gasteiger partial charge is 0.436 e. The summed E-state index contributed by atoms with van der Waals surface area (Å²) in [6.45, 7) is 3.97. The van der Waals surface area contributed by atoms with Gasteiger partial charge in [0.2, 0.25) is 11.8 Å². The van der Waals surface area contributed by atoms with Crippen LogP contribution >= 0.6 is 11.6 Å². The highest BCUT2D eigenvalue weighted by atomic mass is 35.5. The van der Waals surface area contributed by atoms with Gasteiger partial charge in [0, 0.05) is 12.1 Å². The van der Waals surface area contributed by atoms with Crippen LogP contribution in [0.4, 0.5) is 10.1 Å². The molecule has 0 atom stereocenters. The Morgan fingerprint density at radius 3 is 2.79 bits per heavy atom. The number of anilines is 1. The van der Waals surface area contributed by atoms with Gasteiger partial charge in [-0.25, -0.2) is 9.37 Å². The van der Waals surface area contributed by atoms with Crippen molar-refractivity contribution in [2.24, 2.45) is 5.92 Å². The van der Waals surface area contributed by atoms with Crippen molar-refractivity contribution in [1.29, 1.82) is 0 Å². The summed E-state index contributed by atoms with van der Waals surface area (Å²) in [5.74, 6) is 0.123. The first kappa shape index (κ1) is 16.5. The Morgan fingerprint density at radius 2 is 2.08 bits per heavy atom. The van der Waals surface area contributed by atoms with Crippen molar-refractivity contribution >= 4 is 34.3 Å². The highest BCUT2D eigenvalue weighted by Gasteiger charge is 2.13. The summed E-state index contributed by atoms with van der Waals surface area (Å²) in [6, 6.07) is 9.25. The standard InChI is InChI=1S/C18H16ClFN2O2/c1-10(2)7-17(23)21-12-4-6-16-15(9-12)22-18(24-16)13-5-3-11(20)8-14(13)19/h3-6,8-10H,7H2,1-2H3,(H,21,23). The zero-order valence-electron chi connectivity index (χ0n) is 13.3. The number of nitrogens with zero attached hydrogens (tertiary/aromatic N) is 1. The van der Waals surface area contributed by atoms with E-state index in [-0.39, 0.29) is 16.8 Å². The molecule has 0 bridgehead atoms. The summed E-state index contributed by atoms with van der Waals surface area (Å²) in [6.07, 6.45) is 0.452. The van der Waals surface area contributed by atoms with E-state index >= 15 is 0 Å². The summed E-state index contributed by atoms with van der Waals surface area (Å²) in [4.78, 5) is 16.2. The van der Waals surface area contributed by atoms with Crippen LogP contribution in [0.3, 0.4) is 0 Å². The highest BCUT2D eigenvalue weighted by molar-refractivity contribution is 6.33. The Morgan fingerprint density at radius 1 is 1.29 bits per heavy atom. The van der Waals surface area contributed by atoms with E-state index in [0.29, 0.717) is 34.7 Å². The monoisotopic (exact) mass is 346 g/mol. The number of fused-ring (bicyclic) bond motifs is 1. The second-order valence-electron chi connectivity index (χ2n) is 5.97. The molecule has 3 aromatic rings. The molecule has 1 heterocycles. The summed E-state index contributed by atoms with van der Waals surface area (Å²) >= 11 is 6.04. The number of rotatable bonds is 4. The van der Waals surface area contributed by atoms with Gasteiger partial charge in [0.25, 0.3) is 0 Å². The number of halogens is 2. The lowest BCUT2D eigenvalue weighted by molar-refractivity contribution is -0.116. The quantitative estimate of drug-likeness (QED) is 0.700. The SMILES string of the molecule is CC(C)CC(=O)Nc1ccc2oc(-c3ccc(F)cc3Cl)nc2c1. The van der Waals surface area contributed by atoms with Gasteiger partial charge in [-0.05, 0) is 42.3 Å². The Hall–Kier alpha value is -2.40. The van der Waals surface area contributed by atoms with Gasteiger partial charge in [0.05, 0.1) is 10.6 Å². The van der Waals surface area contributed by atoms with E-state index in [9.17, 15) is 9.18 Å². The minimum Gasteiger partial charge on any atom is -0.436 e. The van der Waals surface area contributed by atoms with E-state index in [2.05, 4.69) is 10.3 Å². The molecule has 0 radical (unpaired) electrons. The lowest BCUT2D eigenvalue weighted by atomic mass is 10.1. The van der Waals surface area contributed by atoms with Crippen molar-refractivity contribution in [2.75, 3.05) is 5.32 Å². The number of hydrogen-bond acceptors (Lipinski definition) is 3. The van der Waals surface area contributed by atoms with Crippen molar-refractivity contribution in [1.82, 2.24) is 4.98 Å². The summed E-state index contributed by atoms with van der Waals surface area (Å²) < 4.78 is 18.8. The zero-order valence-corrected chi connectivity index (χ0v) is 14.0. The van der Waals surface area contributed by atoms with Crippen LogP contribution in [-0.4, -0.2) is 10.9 Å². The van der Waals surface area contributed by atoms with E-state index in [1.807, 2.05) is 13.8 Å². The van der Waals surface area contributed by atoms with Gasteiger partial charge in [0.1, 0.15) is 11.3 Å². The molecule has 0 aliphatic carbocycles. The van der Waals surface area contributed by atoms with Gasteiger partial charge < -0.3 is 9.73 Å². The molecule has 0 unspecified atom stereocenters. The zero-order chi connectivity index (χ0) is 17.3. The minimum atomic E-state index is -0.421. The first-order valence-electron chi connectivity index (χ1n) is 7.58. The molecule has 0 saturated carbocycles. The third-order valence-electron chi connectivity index (χ3n) is 3.43. The molecule has 1 amide bonds. The van der Waals surface area contributed by atoms with Crippen molar-refractivity contribution in [3.63, 3.8) is 0 Å². The molecule has 2 aromatic carbocycles. The fraction of sp³-hybridized carbons (Fsp3) is 0.222. The average molecular weight is 347 g/mol. The number of amides is 1. The average Bonchev–Trinajstić information content (AvgIpc) is 2.88. The molecule has 6 heteroatoms. The van der Waals surface area contributed by atoms with Gasteiger partial charge in [-0.15, -0.1) is 0 Å². The molecular formula is C18H16ClFN2O2. The van der Waals surface area contributed by atoms with Gasteiger partial charge >= 0.3 is 0 Å². The highest BCUT2D eigenvalue weighted by Crippen LogP contribution is 2.31. The first-order valence-corrected chi connectivity index (χ1v) is 7.96. The molecule has 0 aliphatic rings. The minimum absolute atomic E-state index is 0.0466. The smallest absolute Gasteiger partial charge is 0.228 e. The van der Waals surface area contributed by atoms with Crippen LogP contribution < -0.4 is 5.32 Å². The van der Waals surface area contributed by atoms with Crippen LogP contribution in [0, 0.1) is 11.7 Å². The van der Waals surface area contributed by atoms with Gasteiger partial charge in [0.15, 0.2) is 5.58 Å². The van der Waals surface area contributed by atoms with Gasteiger partial charge in [-0.3, -0.25) is 4.79 Å². The van der Waals surface area contributed by atoms with Crippen LogP contribution in [0.25, 0.3) is 22.6 Å². The lowest BCUT2D eigenvalue weighted by Gasteiger charge is -2.06. The molecule has 3 rings (SSSR count). The fourth-order valence-electron chi connectivity index (χ4n) is 2.37. The second-order valence-corrected chi connectivity index (χ2v) is 6.38. The van der Waals surface area contributed by atoms with E-state index in [4.69, 9.17) is 16.0 Å². The number of nitrogens with one attached hydrogen (secondary N) is 1. The number of hydrogen-bond donors (Lipinski definition) is 1. The van der Waals surface area contributed by atoms with Crippen LogP contribution in [0.15, 0.2) is 40.8 Å². The maximum atomic E-state index is 13.2. The third kappa shape index (κ3) is 3.57. The van der Waals surface area contributed by atoms with Crippen LogP contribution in [0.5, 0.6) is 0 Å². The second kappa shape index (κ2) is 6.61. The van der Waals surface area contributed by atoms with E-state index in [1.54, 1.807) is 18.2 Å². The predicted octanol–water partition coefficient (Wildman–Crippen LogP) is 5.27. The number of aromatic nitrogens is 1. The molecule has 0 spiro atoms. The van der Waals surface area contributed by atoms with Gasteiger partial charge in [-0.1, -0.05) is 25.4 Å². The molecule has 0 fully saturated rings. The van der Waals surface area contributed by atoms with Crippen molar-refractivity contribution in [3.05, 3.63) is 47.2 Å². The van der Waals surface area contributed by atoms with Crippen molar-refractivity contribution < 1.29 is 13.6 Å². The Kier molecular flexibility index (Phi) is 4.53. The normalized spacial score (nSPS) is 11.2. The van der Waals surface area contributed by atoms with E-state index < -0.39 is 5.82 Å². The molecule has 1 N–H and O–H groups in total. The fourth-order valence-corrected chi connectivity index (χ4v) is 2.61. The topological polar surface area (TPSA) is 55.1 Å². The number of carbonyl (C=O) groups is 1. The molecule has 124 valence electrons. The Labute approximate surface area is 143 Å². The summed E-state index contributed by atoms with van der Waals surface area (Å²) in [7, 11) is 0. The van der Waals surface area contributed by atoms with Crippen molar-refractivity contribution in [2.45, 2.75) is 20.3 Å². The van der Waals surface area contributed by atoms with E-state index in [1.165, 1.54) is 18.2 Å². The predicted molar refractivity (Wildman–Crippen MR) is 92.5 cm³/mol. The molecule has 0 saturated heterocycles.